The lowest BCUT2D eigenvalue weighted by Gasteiger charge is -2.27. The summed E-state index contributed by atoms with van der Waals surface area (Å²) < 4.78 is 2.15. The van der Waals surface area contributed by atoms with Crippen LogP contribution < -0.4 is 5.32 Å². The molecule has 0 aliphatic rings. The van der Waals surface area contributed by atoms with Crippen molar-refractivity contribution in [3.05, 3.63) is 36.0 Å². The average molecular weight is 246 g/mol. The second-order valence-corrected chi connectivity index (χ2v) is 5.21. The number of aliphatic hydroxyl groups is 1. The highest BCUT2D eigenvalue weighted by atomic mass is 16.3. The van der Waals surface area contributed by atoms with Crippen molar-refractivity contribution in [1.29, 1.82) is 0 Å². The molecule has 3 nitrogen and oxygen atoms in total. The lowest BCUT2D eigenvalue weighted by Crippen LogP contribution is -2.44. The second kappa shape index (κ2) is 5.12. The fourth-order valence-electron chi connectivity index (χ4n) is 2.17. The first-order valence-electron chi connectivity index (χ1n) is 6.48. The van der Waals surface area contributed by atoms with Gasteiger partial charge >= 0.3 is 0 Å². The van der Waals surface area contributed by atoms with Gasteiger partial charge in [-0.3, -0.25) is 0 Å². The third-order valence-corrected chi connectivity index (χ3v) is 3.81. The Bertz CT molecular complexity index is 526. The molecule has 18 heavy (non-hydrogen) atoms. The van der Waals surface area contributed by atoms with E-state index in [-0.39, 0.29) is 12.1 Å². The van der Waals surface area contributed by atoms with E-state index in [1.807, 2.05) is 0 Å². The molecule has 98 valence electrons. The van der Waals surface area contributed by atoms with Crippen LogP contribution in [-0.4, -0.2) is 21.8 Å². The van der Waals surface area contributed by atoms with E-state index >= 15 is 0 Å². The molecule has 2 N–H and O–H groups in total. The number of hydrogen-bond acceptors (Lipinski definition) is 2. The zero-order chi connectivity index (χ0) is 13.2. The van der Waals surface area contributed by atoms with Gasteiger partial charge in [0.15, 0.2) is 0 Å². The van der Waals surface area contributed by atoms with Gasteiger partial charge in [-0.05, 0) is 25.0 Å². The highest BCUT2D eigenvalue weighted by Gasteiger charge is 2.20. The summed E-state index contributed by atoms with van der Waals surface area (Å²) in [5.74, 6) is 0. The molecule has 0 spiro atoms. The topological polar surface area (TPSA) is 37.2 Å². The monoisotopic (exact) mass is 246 g/mol. The third kappa shape index (κ3) is 2.42. The minimum absolute atomic E-state index is 0.161. The number of aryl methyl sites for hydroxylation is 1. The van der Waals surface area contributed by atoms with Gasteiger partial charge in [-0.25, -0.2) is 0 Å². The van der Waals surface area contributed by atoms with E-state index in [4.69, 9.17) is 0 Å². The number of fused-ring (bicyclic) bond motifs is 1. The van der Waals surface area contributed by atoms with E-state index < -0.39 is 0 Å². The number of aliphatic hydroxyl groups excluding tert-OH is 1. The van der Waals surface area contributed by atoms with Crippen molar-refractivity contribution in [3.8, 4) is 0 Å². The molecule has 1 aromatic carbocycles. The van der Waals surface area contributed by atoms with Crippen LogP contribution >= 0.6 is 0 Å². The van der Waals surface area contributed by atoms with E-state index in [1.54, 1.807) is 0 Å². The maximum absolute atomic E-state index is 9.41. The van der Waals surface area contributed by atoms with Gasteiger partial charge in [0.05, 0.1) is 6.61 Å². The molecule has 1 heterocycles. The van der Waals surface area contributed by atoms with E-state index in [0.717, 1.165) is 13.0 Å². The van der Waals surface area contributed by atoms with Gasteiger partial charge in [-0.15, -0.1) is 0 Å². The van der Waals surface area contributed by atoms with Crippen LogP contribution in [-0.2, 0) is 13.6 Å². The van der Waals surface area contributed by atoms with Gasteiger partial charge in [0.1, 0.15) is 0 Å². The molecule has 1 aromatic heterocycles. The van der Waals surface area contributed by atoms with Crippen LogP contribution in [0.15, 0.2) is 30.5 Å². The minimum atomic E-state index is -0.197. The van der Waals surface area contributed by atoms with Crippen molar-refractivity contribution in [1.82, 2.24) is 9.88 Å². The predicted molar refractivity (Wildman–Crippen MR) is 75.5 cm³/mol. The van der Waals surface area contributed by atoms with Crippen molar-refractivity contribution >= 4 is 10.9 Å². The molecule has 0 saturated heterocycles. The molecule has 1 atom stereocenters. The molecule has 0 amide bonds. The molecule has 3 heteroatoms. The normalized spacial score (nSPS) is 14.9. The smallest absolute Gasteiger partial charge is 0.0610 e. The molecule has 0 saturated carbocycles. The molecule has 0 aliphatic carbocycles. The average Bonchev–Trinajstić information content (AvgIpc) is 2.74. The fraction of sp³-hybridized carbons (Fsp3) is 0.467. The highest BCUT2D eigenvalue weighted by Crippen LogP contribution is 2.21. The first-order chi connectivity index (χ1) is 8.59. The predicted octanol–water partition coefficient (Wildman–Crippen LogP) is 2.43. The second-order valence-electron chi connectivity index (χ2n) is 5.21. The van der Waals surface area contributed by atoms with Crippen molar-refractivity contribution < 1.29 is 5.11 Å². The summed E-state index contributed by atoms with van der Waals surface area (Å²) in [6, 6.07) is 8.40. The van der Waals surface area contributed by atoms with Crippen molar-refractivity contribution in [2.24, 2.45) is 7.05 Å². The first kappa shape index (κ1) is 13.1. The number of benzene rings is 1. The van der Waals surface area contributed by atoms with Crippen LogP contribution in [0.1, 0.15) is 25.8 Å². The molecule has 2 aromatic rings. The van der Waals surface area contributed by atoms with E-state index in [1.165, 1.54) is 16.5 Å². The fourth-order valence-corrected chi connectivity index (χ4v) is 2.17. The van der Waals surface area contributed by atoms with Crippen molar-refractivity contribution in [3.63, 3.8) is 0 Å². The summed E-state index contributed by atoms with van der Waals surface area (Å²) in [6.45, 7) is 5.09. The Balaban J connectivity index is 2.22. The Hall–Kier alpha value is -1.32. The summed E-state index contributed by atoms with van der Waals surface area (Å²) in [5, 5.41) is 14.1. The van der Waals surface area contributed by atoms with Gasteiger partial charge in [0.25, 0.3) is 0 Å². The highest BCUT2D eigenvalue weighted by molar-refractivity contribution is 5.83. The van der Waals surface area contributed by atoms with Crippen LogP contribution in [0.2, 0.25) is 0 Å². The Morgan fingerprint density at radius 1 is 1.33 bits per heavy atom. The third-order valence-electron chi connectivity index (χ3n) is 3.81. The maximum Gasteiger partial charge on any atom is 0.0610 e. The lowest BCUT2D eigenvalue weighted by atomic mass is 10.00. The maximum atomic E-state index is 9.41. The number of aromatic nitrogens is 1. The van der Waals surface area contributed by atoms with Gasteiger partial charge in [-0.2, -0.15) is 0 Å². The number of nitrogens with one attached hydrogen (secondary N) is 1. The largest absolute Gasteiger partial charge is 0.394 e. The Kier molecular flexibility index (Phi) is 3.73. The Labute approximate surface area is 108 Å². The molecule has 2 rings (SSSR count). The summed E-state index contributed by atoms with van der Waals surface area (Å²) >= 11 is 0. The zero-order valence-corrected chi connectivity index (χ0v) is 11.4. The van der Waals surface area contributed by atoms with E-state index in [0.29, 0.717) is 0 Å². The number of hydrogen-bond donors (Lipinski definition) is 2. The van der Waals surface area contributed by atoms with Crippen molar-refractivity contribution in [2.45, 2.75) is 32.4 Å². The number of rotatable bonds is 5. The summed E-state index contributed by atoms with van der Waals surface area (Å²) in [7, 11) is 2.07. The van der Waals surface area contributed by atoms with Gasteiger partial charge in [-0.1, -0.05) is 25.1 Å². The molecular weight excluding hydrogens is 224 g/mol. The standard InChI is InChI=1S/C15H22N2O/c1-4-15(2,11-18)16-9-12-10-17(3)14-8-6-5-7-13(12)14/h5-8,10,16,18H,4,9,11H2,1-3H3. The Morgan fingerprint density at radius 2 is 2.06 bits per heavy atom. The van der Waals surface area contributed by atoms with Gasteiger partial charge in [0, 0.05) is 36.2 Å². The van der Waals surface area contributed by atoms with Crippen LogP contribution in [0, 0.1) is 0 Å². The van der Waals surface area contributed by atoms with Gasteiger partial charge in [0.2, 0.25) is 0 Å². The van der Waals surface area contributed by atoms with E-state index in [9.17, 15) is 5.11 Å². The van der Waals surface area contributed by atoms with Crippen molar-refractivity contribution in [2.75, 3.05) is 6.61 Å². The number of para-hydroxylation sites is 1. The lowest BCUT2D eigenvalue weighted by molar-refractivity contribution is 0.169. The van der Waals surface area contributed by atoms with Crippen LogP contribution in [0.5, 0.6) is 0 Å². The molecule has 0 fully saturated rings. The quantitative estimate of drug-likeness (QED) is 0.850. The molecular formula is C15H22N2O. The summed E-state index contributed by atoms with van der Waals surface area (Å²) in [6.07, 6.45) is 3.07. The van der Waals surface area contributed by atoms with Gasteiger partial charge < -0.3 is 15.0 Å². The zero-order valence-electron chi connectivity index (χ0n) is 11.4. The van der Waals surface area contributed by atoms with Crippen LogP contribution in [0.25, 0.3) is 10.9 Å². The van der Waals surface area contributed by atoms with E-state index in [2.05, 4.69) is 61.2 Å². The van der Waals surface area contributed by atoms with Crippen LogP contribution in [0.4, 0.5) is 0 Å². The number of nitrogens with zero attached hydrogens (tertiary/aromatic N) is 1. The molecule has 1 unspecified atom stereocenters. The first-order valence-corrected chi connectivity index (χ1v) is 6.48. The molecule has 0 aliphatic heterocycles. The molecule has 0 radical (unpaired) electrons. The van der Waals surface area contributed by atoms with Crippen LogP contribution in [0.3, 0.4) is 0 Å². The summed E-state index contributed by atoms with van der Waals surface area (Å²) in [5.41, 5.74) is 2.33. The molecule has 0 bridgehead atoms. The SMILES string of the molecule is CCC(C)(CO)NCc1cn(C)c2ccccc12. The minimum Gasteiger partial charge on any atom is -0.394 e. The Morgan fingerprint density at radius 3 is 2.72 bits per heavy atom. The summed E-state index contributed by atoms with van der Waals surface area (Å²) in [4.78, 5) is 0.